The van der Waals surface area contributed by atoms with Crippen LogP contribution in [-0.2, 0) is 12.8 Å². The van der Waals surface area contributed by atoms with Gasteiger partial charge in [0.15, 0.2) is 11.5 Å². The average Bonchev–Trinajstić information content (AvgIpc) is 2.67. The summed E-state index contributed by atoms with van der Waals surface area (Å²) in [4.78, 5) is 5.10. The average molecular weight is 359 g/mol. The fourth-order valence-corrected chi connectivity index (χ4v) is 4.01. The Morgan fingerprint density at radius 3 is 2.48 bits per heavy atom. The molecule has 1 aliphatic rings. The standard InChI is InChI=1S/C24H25NO2/c1-24(2)15-20-18-8-6-5-7-17(18)10-11-19(20)21(25-24)13-16-9-12-22(26-3)23(14-16)27-4/h5-12,14H,13,15H2,1-4H3. The number of aliphatic imine (C=N–C) groups is 1. The van der Waals surface area contributed by atoms with E-state index in [0.29, 0.717) is 0 Å². The molecule has 0 bridgehead atoms. The molecule has 0 saturated carbocycles. The van der Waals surface area contributed by atoms with Gasteiger partial charge in [-0.3, -0.25) is 4.99 Å². The lowest BCUT2D eigenvalue weighted by atomic mass is 9.82. The van der Waals surface area contributed by atoms with E-state index in [1.807, 2.05) is 12.1 Å². The van der Waals surface area contributed by atoms with Crippen LogP contribution in [0.4, 0.5) is 0 Å². The van der Waals surface area contributed by atoms with Gasteiger partial charge in [0.05, 0.1) is 19.8 Å². The smallest absolute Gasteiger partial charge is 0.160 e. The summed E-state index contributed by atoms with van der Waals surface area (Å²) in [6, 6.07) is 19.2. The van der Waals surface area contributed by atoms with Gasteiger partial charge in [0.2, 0.25) is 0 Å². The van der Waals surface area contributed by atoms with E-state index in [-0.39, 0.29) is 5.54 Å². The topological polar surface area (TPSA) is 30.8 Å². The first-order valence-corrected chi connectivity index (χ1v) is 9.31. The van der Waals surface area contributed by atoms with E-state index in [0.717, 1.165) is 30.1 Å². The Bertz CT molecular complexity index is 1030. The minimum absolute atomic E-state index is 0.108. The number of nitrogens with zero attached hydrogens (tertiary/aromatic N) is 1. The van der Waals surface area contributed by atoms with E-state index in [1.165, 1.54) is 27.5 Å². The minimum atomic E-state index is -0.108. The van der Waals surface area contributed by atoms with Gasteiger partial charge in [-0.25, -0.2) is 0 Å². The van der Waals surface area contributed by atoms with Crippen LogP contribution in [0.2, 0.25) is 0 Å². The van der Waals surface area contributed by atoms with Gasteiger partial charge in [-0.15, -0.1) is 0 Å². The fraction of sp³-hybridized carbons (Fsp3) is 0.292. The Balaban J connectivity index is 1.79. The molecule has 0 saturated heterocycles. The first-order valence-electron chi connectivity index (χ1n) is 9.31. The maximum atomic E-state index is 5.47. The summed E-state index contributed by atoms with van der Waals surface area (Å²) in [6.07, 6.45) is 1.73. The first kappa shape index (κ1) is 17.6. The van der Waals surface area contributed by atoms with Gasteiger partial charge in [-0.05, 0) is 59.9 Å². The molecule has 3 aromatic carbocycles. The predicted octanol–water partition coefficient (Wildman–Crippen LogP) is 5.22. The zero-order valence-electron chi connectivity index (χ0n) is 16.4. The lowest BCUT2D eigenvalue weighted by molar-refractivity contribution is 0.354. The van der Waals surface area contributed by atoms with Crippen LogP contribution in [0, 0.1) is 0 Å². The van der Waals surface area contributed by atoms with Crippen molar-refractivity contribution in [2.24, 2.45) is 4.99 Å². The van der Waals surface area contributed by atoms with Gasteiger partial charge < -0.3 is 9.47 Å². The van der Waals surface area contributed by atoms with Crippen LogP contribution in [0.5, 0.6) is 11.5 Å². The highest BCUT2D eigenvalue weighted by atomic mass is 16.5. The second kappa shape index (κ2) is 6.73. The molecule has 0 amide bonds. The number of benzene rings is 3. The van der Waals surface area contributed by atoms with Crippen LogP contribution in [0.1, 0.15) is 30.5 Å². The van der Waals surface area contributed by atoms with Crippen molar-refractivity contribution < 1.29 is 9.47 Å². The third kappa shape index (κ3) is 3.30. The zero-order valence-corrected chi connectivity index (χ0v) is 16.4. The molecule has 0 N–H and O–H groups in total. The maximum Gasteiger partial charge on any atom is 0.160 e. The second-order valence-corrected chi connectivity index (χ2v) is 7.73. The Kier molecular flexibility index (Phi) is 4.39. The minimum Gasteiger partial charge on any atom is -0.493 e. The Hall–Kier alpha value is -2.81. The second-order valence-electron chi connectivity index (χ2n) is 7.73. The molecule has 0 aliphatic carbocycles. The molecular formula is C24H25NO2. The molecule has 3 heteroatoms. The molecule has 0 unspecified atom stereocenters. The van der Waals surface area contributed by atoms with Crippen LogP contribution >= 0.6 is 0 Å². The monoisotopic (exact) mass is 359 g/mol. The summed E-state index contributed by atoms with van der Waals surface area (Å²) in [6.45, 7) is 4.43. The van der Waals surface area contributed by atoms with Crippen molar-refractivity contribution in [1.29, 1.82) is 0 Å². The highest BCUT2D eigenvalue weighted by molar-refractivity contribution is 6.08. The van der Waals surface area contributed by atoms with Crippen LogP contribution in [0.25, 0.3) is 10.8 Å². The third-order valence-electron chi connectivity index (χ3n) is 5.22. The number of fused-ring (bicyclic) bond motifs is 3. The van der Waals surface area contributed by atoms with Gasteiger partial charge in [0.1, 0.15) is 0 Å². The van der Waals surface area contributed by atoms with E-state index < -0.39 is 0 Å². The van der Waals surface area contributed by atoms with E-state index in [2.05, 4.69) is 56.3 Å². The van der Waals surface area contributed by atoms with E-state index in [4.69, 9.17) is 14.5 Å². The molecule has 4 rings (SSSR count). The molecule has 0 aromatic heterocycles. The van der Waals surface area contributed by atoms with Crippen LogP contribution in [0.3, 0.4) is 0 Å². The van der Waals surface area contributed by atoms with E-state index >= 15 is 0 Å². The number of methoxy groups -OCH3 is 2. The zero-order chi connectivity index (χ0) is 19.0. The Labute approximate surface area is 160 Å². The molecular weight excluding hydrogens is 334 g/mol. The quantitative estimate of drug-likeness (QED) is 0.639. The van der Waals surface area contributed by atoms with Gasteiger partial charge >= 0.3 is 0 Å². The number of hydrogen-bond acceptors (Lipinski definition) is 3. The van der Waals surface area contributed by atoms with Crippen LogP contribution in [-0.4, -0.2) is 25.5 Å². The van der Waals surface area contributed by atoms with Gasteiger partial charge in [0.25, 0.3) is 0 Å². The maximum absolute atomic E-state index is 5.47. The van der Waals surface area contributed by atoms with Crippen molar-refractivity contribution >= 4 is 16.5 Å². The Morgan fingerprint density at radius 2 is 1.70 bits per heavy atom. The van der Waals surface area contributed by atoms with Crippen molar-refractivity contribution in [3.8, 4) is 11.5 Å². The van der Waals surface area contributed by atoms with E-state index in [9.17, 15) is 0 Å². The van der Waals surface area contributed by atoms with Crippen molar-refractivity contribution in [3.63, 3.8) is 0 Å². The van der Waals surface area contributed by atoms with Crippen LogP contribution < -0.4 is 9.47 Å². The highest BCUT2D eigenvalue weighted by Gasteiger charge is 2.28. The molecule has 138 valence electrons. The molecule has 3 nitrogen and oxygen atoms in total. The number of ether oxygens (including phenoxy) is 2. The molecule has 0 spiro atoms. The molecule has 0 atom stereocenters. The first-order chi connectivity index (χ1) is 13.0. The predicted molar refractivity (Wildman–Crippen MR) is 112 cm³/mol. The third-order valence-corrected chi connectivity index (χ3v) is 5.22. The van der Waals surface area contributed by atoms with Crippen LogP contribution in [0.15, 0.2) is 59.6 Å². The molecule has 3 aromatic rings. The normalized spacial score (nSPS) is 15.2. The van der Waals surface area contributed by atoms with Crippen molar-refractivity contribution in [3.05, 3.63) is 71.3 Å². The Morgan fingerprint density at radius 1 is 0.926 bits per heavy atom. The summed E-state index contributed by atoms with van der Waals surface area (Å²) in [5, 5.41) is 2.63. The molecule has 1 heterocycles. The highest BCUT2D eigenvalue weighted by Crippen LogP contribution is 2.34. The van der Waals surface area contributed by atoms with Crippen molar-refractivity contribution in [1.82, 2.24) is 0 Å². The summed E-state index contributed by atoms with van der Waals surface area (Å²) in [5.74, 6) is 1.50. The van der Waals surface area contributed by atoms with Crippen molar-refractivity contribution in [2.75, 3.05) is 14.2 Å². The van der Waals surface area contributed by atoms with Gasteiger partial charge in [0, 0.05) is 12.1 Å². The summed E-state index contributed by atoms with van der Waals surface area (Å²) in [5.41, 5.74) is 4.87. The lowest BCUT2D eigenvalue weighted by Crippen LogP contribution is -2.30. The number of rotatable bonds is 4. The van der Waals surface area contributed by atoms with Crippen molar-refractivity contribution in [2.45, 2.75) is 32.2 Å². The fourth-order valence-electron chi connectivity index (χ4n) is 4.01. The SMILES string of the molecule is COc1ccc(CC2=NC(C)(C)Cc3c2ccc2ccccc32)cc1OC. The van der Waals surface area contributed by atoms with Gasteiger partial charge in [-0.1, -0.05) is 42.5 Å². The van der Waals surface area contributed by atoms with E-state index in [1.54, 1.807) is 14.2 Å². The molecule has 0 radical (unpaired) electrons. The molecule has 27 heavy (non-hydrogen) atoms. The molecule has 1 aliphatic heterocycles. The summed E-state index contributed by atoms with van der Waals surface area (Å²) >= 11 is 0. The van der Waals surface area contributed by atoms with Gasteiger partial charge in [-0.2, -0.15) is 0 Å². The summed E-state index contributed by atoms with van der Waals surface area (Å²) < 4.78 is 10.8. The molecule has 0 fully saturated rings. The summed E-state index contributed by atoms with van der Waals surface area (Å²) in [7, 11) is 3.33. The largest absolute Gasteiger partial charge is 0.493 e. The number of hydrogen-bond donors (Lipinski definition) is 0. The lowest BCUT2D eigenvalue weighted by Gasteiger charge is -2.30.